The van der Waals surface area contributed by atoms with E-state index in [1.165, 1.54) is 50.7 Å². The highest BCUT2D eigenvalue weighted by Gasteiger charge is 2.33. The Morgan fingerprint density at radius 2 is 2.09 bits per heavy atom. The Bertz CT molecular complexity index is 337. The minimum absolute atomic E-state index is 0.412. The summed E-state index contributed by atoms with van der Waals surface area (Å²) in [5, 5.41) is 7.84. The highest BCUT2D eigenvalue weighted by Crippen LogP contribution is 2.40. The molecule has 2 aliphatic rings. The van der Waals surface area contributed by atoms with Crippen LogP contribution in [0.1, 0.15) is 51.9 Å². The van der Waals surface area contributed by atoms with Crippen molar-refractivity contribution < 1.29 is 4.74 Å². The third-order valence-electron chi connectivity index (χ3n) is 5.02. The Hall–Kier alpha value is -0.420. The van der Waals surface area contributed by atoms with Crippen molar-refractivity contribution in [1.29, 1.82) is 0 Å². The first-order valence-corrected chi connectivity index (χ1v) is 9.97. The van der Waals surface area contributed by atoms with Crippen LogP contribution in [-0.4, -0.2) is 50.3 Å². The van der Waals surface area contributed by atoms with Crippen LogP contribution >= 0.6 is 11.8 Å². The van der Waals surface area contributed by atoms with E-state index in [9.17, 15) is 0 Å². The van der Waals surface area contributed by atoms with Gasteiger partial charge in [-0.1, -0.05) is 12.8 Å². The van der Waals surface area contributed by atoms with Gasteiger partial charge in [-0.2, -0.15) is 11.8 Å². The Balaban J connectivity index is 1.74. The molecular weight excluding hydrogens is 294 g/mol. The van der Waals surface area contributed by atoms with Crippen molar-refractivity contribution in [2.45, 2.75) is 57.1 Å². The number of thioether (sulfide) groups is 1. The van der Waals surface area contributed by atoms with E-state index < -0.39 is 0 Å². The first kappa shape index (κ1) is 17.9. The zero-order chi connectivity index (χ0) is 15.7. The molecule has 22 heavy (non-hydrogen) atoms. The minimum Gasteiger partial charge on any atom is -0.382 e. The molecule has 1 aliphatic carbocycles. The van der Waals surface area contributed by atoms with E-state index in [0.717, 1.165) is 37.5 Å². The number of nitrogens with zero attached hydrogens (tertiary/aromatic N) is 1. The maximum Gasteiger partial charge on any atom is 0.191 e. The predicted octanol–water partition coefficient (Wildman–Crippen LogP) is 3.03. The molecule has 0 aromatic carbocycles. The summed E-state index contributed by atoms with van der Waals surface area (Å²) in [6.45, 7) is 5.86. The van der Waals surface area contributed by atoms with Crippen molar-refractivity contribution in [3.63, 3.8) is 0 Å². The van der Waals surface area contributed by atoms with Crippen LogP contribution < -0.4 is 10.6 Å². The molecule has 1 unspecified atom stereocenters. The first-order valence-electron chi connectivity index (χ1n) is 8.92. The average Bonchev–Trinajstić information content (AvgIpc) is 3.20. The average molecular weight is 328 g/mol. The molecule has 1 heterocycles. The molecule has 1 aliphatic heterocycles. The molecule has 1 saturated carbocycles. The van der Waals surface area contributed by atoms with Crippen LogP contribution in [0.25, 0.3) is 0 Å². The zero-order valence-corrected chi connectivity index (χ0v) is 15.1. The molecule has 2 N–H and O–H groups in total. The summed E-state index contributed by atoms with van der Waals surface area (Å²) in [6.07, 6.45) is 9.24. The van der Waals surface area contributed by atoms with Crippen LogP contribution in [0, 0.1) is 5.41 Å². The van der Waals surface area contributed by atoms with Gasteiger partial charge in [0.05, 0.1) is 0 Å². The van der Waals surface area contributed by atoms with Crippen LogP contribution in [0.15, 0.2) is 4.99 Å². The molecule has 4 nitrogen and oxygen atoms in total. The molecule has 1 atom stereocenters. The summed E-state index contributed by atoms with van der Waals surface area (Å²) in [7, 11) is 1.87. The molecule has 0 spiro atoms. The second-order valence-corrected chi connectivity index (χ2v) is 8.00. The van der Waals surface area contributed by atoms with E-state index >= 15 is 0 Å². The lowest BCUT2D eigenvalue weighted by Gasteiger charge is -2.30. The minimum atomic E-state index is 0.412. The van der Waals surface area contributed by atoms with Crippen LogP contribution in [0.4, 0.5) is 0 Å². The van der Waals surface area contributed by atoms with E-state index in [0.29, 0.717) is 5.41 Å². The van der Waals surface area contributed by atoms with Gasteiger partial charge in [-0.25, -0.2) is 0 Å². The van der Waals surface area contributed by atoms with Crippen molar-refractivity contribution in [2.24, 2.45) is 10.4 Å². The number of nitrogens with one attached hydrogen (secondary N) is 2. The Morgan fingerprint density at radius 1 is 1.27 bits per heavy atom. The van der Waals surface area contributed by atoms with E-state index in [2.05, 4.69) is 34.3 Å². The van der Waals surface area contributed by atoms with Crippen molar-refractivity contribution >= 4 is 17.7 Å². The predicted molar refractivity (Wildman–Crippen MR) is 96.9 cm³/mol. The number of rotatable bonds is 8. The topological polar surface area (TPSA) is 45.6 Å². The van der Waals surface area contributed by atoms with E-state index in [1.54, 1.807) is 0 Å². The standard InChI is InChI=1S/C17H33N3OS/c1-3-21-11-10-17(8-4-5-9-17)14-20-16(18-2)19-13-15-7-6-12-22-15/h15H,3-14H2,1-2H3,(H2,18,19,20). The second kappa shape index (κ2) is 9.66. The molecule has 1 saturated heterocycles. The van der Waals surface area contributed by atoms with Crippen LogP contribution in [0.3, 0.4) is 0 Å². The maximum absolute atomic E-state index is 5.59. The van der Waals surface area contributed by atoms with Gasteiger partial charge < -0.3 is 15.4 Å². The highest BCUT2D eigenvalue weighted by atomic mass is 32.2. The lowest BCUT2D eigenvalue weighted by atomic mass is 9.83. The van der Waals surface area contributed by atoms with Crippen LogP contribution in [0.5, 0.6) is 0 Å². The summed E-state index contributed by atoms with van der Waals surface area (Å²) in [5.74, 6) is 2.29. The van der Waals surface area contributed by atoms with Crippen molar-refractivity contribution in [1.82, 2.24) is 10.6 Å². The van der Waals surface area contributed by atoms with Gasteiger partial charge in [-0.15, -0.1) is 0 Å². The molecule has 0 bridgehead atoms. The zero-order valence-electron chi connectivity index (χ0n) is 14.3. The Kier molecular flexibility index (Phi) is 7.87. The number of ether oxygens (including phenoxy) is 1. The smallest absolute Gasteiger partial charge is 0.191 e. The largest absolute Gasteiger partial charge is 0.382 e. The number of aliphatic imine (C=N–C) groups is 1. The molecular formula is C17H33N3OS. The van der Waals surface area contributed by atoms with Crippen molar-refractivity contribution in [2.75, 3.05) is 39.1 Å². The molecule has 2 rings (SSSR count). The van der Waals surface area contributed by atoms with Crippen LogP contribution in [-0.2, 0) is 4.74 Å². The number of hydrogen-bond acceptors (Lipinski definition) is 3. The molecule has 0 radical (unpaired) electrons. The maximum atomic E-state index is 5.59. The molecule has 0 amide bonds. The highest BCUT2D eigenvalue weighted by molar-refractivity contribution is 8.00. The normalized spacial score (nSPS) is 24.6. The first-order chi connectivity index (χ1) is 10.8. The molecule has 0 aromatic rings. The van der Waals surface area contributed by atoms with E-state index in [-0.39, 0.29) is 0 Å². The fourth-order valence-corrected chi connectivity index (χ4v) is 4.78. The second-order valence-electron chi connectivity index (χ2n) is 6.60. The molecule has 0 aromatic heterocycles. The van der Waals surface area contributed by atoms with Gasteiger partial charge in [0.2, 0.25) is 0 Å². The Morgan fingerprint density at radius 3 is 2.73 bits per heavy atom. The summed E-state index contributed by atoms with van der Waals surface area (Å²) in [4.78, 5) is 4.39. The summed E-state index contributed by atoms with van der Waals surface area (Å²) < 4.78 is 5.59. The fourth-order valence-electron chi connectivity index (χ4n) is 3.58. The molecule has 2 fully saturated rings. The fraction of sp³-hybridized carbons (Fsp3) is 0.941. The van der Waals surface area contributed by atoms with E-state index in [4.69, 9.17) is 4.74 Å². The quantitative estimate of drug-likeness (QED) is 0.409. The summed E-state index contributed by atoms with van der Waals surface area (Å²) in [6, 6.07) is 0. The lowest BCUT2D eigenvalue weighted by Crippen LogP contribution is -2.44. The van der Waals surface area contributed by atoms with Crippen molar-refractivity contribution in [3.8, 4) is 0 Å². The summed E-state index contributed by atoms with van der Waals surface area (Å²) >= 11 is 2.09. The lowest BCUT2D eigenvalue weighted by molar-refractivity contribution is 0.105. The third-order valence-corrected chi connectivity index (χ3v) is 6.42. The van der Waals surface area contributed by atoms with Gasteiger partial charge in [0.25, 0.3) is 0 Å². The summed E-state index contributed by atoms with van der Waals surface area (Å²) in [5.41, 5.74) is 0.412. The third kappa shape index (κ3) is 5.65. The Labute approximate surface area is 140 Å². The van der Waals surface area contributed by atoms with Gasteiger partial charge in [-0.3, -0.25) is 4.99 Å². The van der Waals surface area contributed by atoms with Crippen molar-refractivity contribution in [3.05, 3.63) is 0 Å². The molecule has 128 valence electrons. The van der Waals surface area contributed by atoms with Gasteiger partial charge in [0, 0.05) is 38.6 Å². The SMILES string of the molecule is CCOCCC1(CNC(=NC)NCC2CCCS2)CCCC1. The van der Waals surface area contributed by atoms with Gasteiger partial charge in [0.1, 0.15) is 0 Å². The monoisotopic (exact) mass is 327 g/mol. The van der Waals surface area contributed by atoms with Gasteiger partial charge in [-0.05, 0) is 50.2 Å². The number of hydrogen-bond donors (Lipinski definition) is 2. The molecule has 5 heteroatoms. The van der Waals surface area contributed by atoms with Gasteiger partial charge in [0.15, 0.2) is 5.96 Å². The van der Waals surface area contributed by atoms with E-state index in [1.807, 2.05) is 7.05 Å². The number of guanidine groups is 1. The van der Waals surface area contributed by atoms with Gasteiger partial charge >= 0.3 is 0 Å². The van der Waals surface area contributed by atoms with Crippen LogP contribution in [0.2, 0.25) is 0 Å².